The summed E-state index contributed by atoms with van der Waals surface area (Å²) in [6, 6.07) is 13.3. The van der Waals surface area contributed by atoms with Crippen LogP contribution in [0.4, 0.5) is 0 Å². The van der Waals surface area contributed by atoms with Crippen molar-refractivity contribution in [3.63, 3.8) is 0 Å². The van der Waals surface area contributed by atoms with Gasteiger partial charge in [-0.15, -0.1) is 0 Å². The predicted octanol–water partition coefficient (Wildman–Crippen LogP) is 3.96. The summed E-state index contributed by atoms with van der Waals surface area (Å²) in [6.07, 6.45) is 1.73. The lowest BCUT2D eigenvalue weighted by molar-refractivity contribution is 0.111. The van der Waals surface area contributed by atoms with Gasteiger partial charge in [-0.1, -0.05) is 31.2 Å². The Morgan fingerprint density at radius 3 is 2.45 bits per heavy atom. The Morgan fingerprint density at radius 1 is 1.10 bits per heavy atom. The molecule has 0 N–H and O–H groups in total. The van der Waals surface area contributed by atoms with E-state index in [4.69, 9.17) is 9.47 Å². The van der Waals surface area contributed by atoms with Crippen molar-refractivity contribution < 1.29 is 14.3 Å². The van der Waals surface area contributed by atoms with E-state index in [-0.39, 0.29) is 0 Å². The van der Waals surface area contributed by atoms with Crippen LogP contribution in [0.3, 0.4) is 0 Å². The van der Waals surface area contributed by atoms with Crippen molar-refractivity contribution in [1.29, 1.82) is 0 Å². The molecule has 0 bridgehead atoms. The summed E-state index contributed by atoms with van der Waals surface area (Å²) in [5.74, 6) is 1.45. The van der Waals surface area contributed by atoms with E-state index in [2.05, 4.69) is 0 Å². The summed E-state index contributed by atoms with van der Waals surface area (Å²) in [7, 11) is 1.64. The molecule has 0 saturated carbocycles. The molecule has 0 spiro atoms. The molecular formula is C17H18O3. The van der Waals surface area contributed by atoms with Gasteiger partial charge < -0.3 is 9.47 Å². The van der Waals surface area contributed by atoms with Crippen LogP contribution in [0.1, 0.15) is 23.7 Å². The molecule has 3 heteroatoms. The molecule has 0 aliphatic rings. The first kappa shape index (κ1) is 14.1. The Hall–Kier alpha value is -2.29. The number of carbonyl (C=O) groups excluding carboxylic acids is 1. The minimum atomic E-state index is 0.576. The molecule has 2 aromatic rings. The van der Waals surface area contributed by atoms with Gasteiger partial charge in [0.2, 0.25) is 0 Å². The molecule has 0 aliphatic carbocycles. The lowest BCUT2D eigenvalue weighted by Gasteiger charge is -2.13. The van der Waals surface area contributed by atoms with Crippen molar-refractivity contribution in [2.45, 2.75) is 13.3 Å². The molecule has 2 aromatic carbocycles. The van der Waals surface area contributed by atoms with E-state index < -0.39 is 0 Å². The normalized spacial score (nSPS) is 10.1. The summed E-state index contributed by atoms with van der Waals surface area (Å²) >= 11 is 0. The molecule has 0 aromatic heterocycles. The highest BCUT2D eigenvalue weighted by atomic mass is 16.5. The molecule has 104 valence electrons. The van der Waals surface area contributed by atoms with Crippen molar-refractivity contribution in [3.8, 4) is 22.6 Å². The van der Waals surface area contributed by atoms with E-state index in [9.17, 15) is 4.79 Å². The Labute approximate surface area is 119 Å². The van der Waals surface area contributed by atoms with Gasteiger partial charge in [0.05, 0.1) is 19.3 Å². The highest BCUT2D eigenvalue weighted by molar-refractivity contribution is 5.86. The number of carbonyl (C=O) groups is 1. The molecule has 20 heavy (non-hydrogen) atoms. The van der Waals surface area contributed by atoms with Gasteiger partial charge in [0.1, 0.15) is 11.5 Å². The van der Waals surface area contributed by atoms with Crippen molar-refractivity contribution in [3.05, 3.63) is 48.0 Å². The van der Waals surface area contributed by atoms with Crippen molar-refractivity contribution >= 4 is 6.29 Å². The van der Waals surface area contributed by atoms with Gasteiger partial charge in [0.25, 0.3) is 0 Å². The largest absolute Gasteiger partial charge is 0.497 e. The molecule has 0 aliphatic heterocycles. The van der Waals surface area contributed by atoms with Crippen LogP contribution in [0, 0.1) is 0 Å². The first-order valence-electron chi connectivity index (χ1n) is 6.65. The zero-order valence-corrected chi connectivity index (χ0v) is 11.8. The number of hydrogen-bond donors (Lipinski definition) is 0. The average molecular weight is 270 g/mol. The maximum absolute atomic E-state index is 11.2. The summed E-state index contributed by atoms with van der Waals surface area (Å²) in [5, 5.41) is 0. The Kier molecular flexibility index (Phi) is 4.77. The van der Waals surface area contributed by atoms with E-state index in [1.54, 1.807) is 13.2 Å². The lowest BCUT2D eigenvalue weighted by Crippen LogP contribution is -2.00. The van der Waals surface area contributed by atoms with Crippen LogP contribution in [0.15, 0.2) is 42.5 Å². The number of hydrogen-bond acceptors (Lipinski definition) is 3. The minimum Gasteiger partial charge on any atom is -0.497 e. The molecular weight excluding hydrogens is 252 g/mol. The summed E-state index contributed by atoms with van der Waals surface area (Å²) in [4.78, 5) is 11.2. The van der Waals surface area contributed by atoms with Gasteiger partial charge in [-0.25, -0.2) is 0 Å². The van der Waals surface area contributed by atoms with E-state index >= 15 is 0 Å². The van der Waals surface area contributed by atoms with Gasteiger partial charge in [0.15, 0.2) is 6.29 Å². The summed E-state index contributed by atoms with van der Waals surface area (Å²) < 4.78 is 10.9. The van der Waals surface area contributed by atoms with Crippen LogP contribution in [0.2, 0.25) is 0 Å². The highest BCUT2D eigenvalue weighted by Crippen LogP contribution is 2.33. The zero-order chi connectivity index (χ0) is 14.4. The van der Waals surface area contributed by atoms with Crippen LogP contribution in [0.25, 0.3) is 11.1 Å². The number of methoxy groups -OCH3 is 1. The molecule has 0 unspecified atom stereocenters. The quantitative estimate of drug-likeness (QED) is 0.745. The fourth-order valence-electron chi connectivity index (χ4n) is 2.01. The second kappa shape index (κ2) is 6.75. The van der Waals surface area contributed by atoms with Gasteiger partial charge in [0, 0.05) is 5.56 Å². The Morgan fingerprint density at radius 2 is 1.85 bits per heavy atom. The second-order valence-corrected chi connectivity index (χ2v) is 4.42. The highest BCUT2D eigenvalue weighted by Gasteiger charge is 2.11. The molecule has 0 radical (unpaired) electrons. The molecule has 0 heterocycles. The molecule has 0 fully saturated rings. The second-order valence-electron chi connectivity index (χ2n) is 4.42. The monoisotopic (exact) mass is 270 g/mol. The molecule has 2 rings (SSSR count). The fourth-order valence-corrected chi connectivity index (χ4v) is 2.01. The molecule has 0 amide bonds. The number of para-hydroxylation sites is 1. The van der Waals surface area contributed by atoms with Gasteiger partial charge in [-0.2, -0.15) is 0 Å². The van der Waals surface area contributed by atoms with Crippen LogP contribution < -0.4 is 9.47 Å². The van der Waals surface area contributed by atoms with Crippen LogP contribution in [-0.2, 0) is 0 Å². The van der Waals surface area contributed by atoms with Gasteiger partial charge in [-0.05, 0) is 30.2 Å². The Balaban J connectivity index is 2.45. The number of ether oxygens (including phenoxy) is 2. The lowest BCUT2D eigenvalue weighted by atomic mass is 10.0. The minimum absolute atomic E-state index is 0.576. The van der Waals surface area contributed by atoms with Crippen molar-refractivity contribution in [1.82, 2.24) is 0 Å². The molecule has 3 nitrogen and oxygen atoms in total. The maximum Gasteiger partial charge on any atom is 0.153 e. The SMILES string of the molecule is CCCOc1c(C=O)cccc1-c1ccc(OC)cc1. The average Bonchev–Trinajstić information content (AvgIpc) is 2.52. The van der Waals surface area contributed by atoms with E-state index in [0.29, 0.717) is 17.9 Å². The number of rotatable bonds is 6. The predicted molar refractivity (Wildman–Crippen MR) is 79.6 cm³/mol. The van der Waals surface area contributed by atoms with E-state index in [0.717, 1.165) is 29.6 Å². The smallest absolute Gasteiger partial charge is 0.153 e. The van der Waals surface area contributed by atoms with Crippen LogP contribution >= 0.6 is 0 Å². The molecule has 0 saturated heterocycles. The van der Waals surface area contributed by atoms with Crippen LogP contribution in [0.5, 0.6) is 11.5 Å². The van der Waals surface area contributed by atoms with E-state index in [1.807, 2.05) is 43.3 Å². The number of aldehydes is 1. The zero-order valence-electron chi connectivity index (χ0n) is 11.8. The van der Waals surface area contributed by atoms with Gasteiger partial charge >= 0.3 is 0 Å². The molecule has 0 atom stereocenters. The third-order valence-electron chi connectivity index (χ3n) is 3.02. The third-order valence-corrected chi connectivity index (χ3v) is 3.02. The number of benzene rings is 2. The third kappa shape index (κ3) is 2.99. The first-order chi connectivity index (χ1) is 9.80. The topological polar surface area (TPSA) is 35.5 Å². The standard InChI is InChI=1S/C17H18O3/c1-3-11-20-17-14(12-18)5-4-6-16(17)13-7-9-15(19-2)10-8-13/h4-10,12H,3,11H2,1-2H3. The van der Waals surface area contributed by atoms with Crippen LogP contribution in [-0.4, -0.2) is 20.0 Å². The maximum atomic E-state index is 11.2. The van der Waals surface area contributed by atoms with Gasteiger partial charge in [-0.3, -0.25) is 4.79 Å². The summed E-state index contributed by atoms with van der Waals surface area (Å²) in [5.41, 5.74) is 2.50. The van der Waals surface area contributed by atoms with E-state index in [1.165, 1.54) is 0 Å². The fraction of sp³-hybridized carbons (Fsp3) is 0.235. The van der Waals surface area contributed by atoms with Crippen molar-refractivity contribution in [2.75, 3.05) is 13.7 Å². The van der Waals surface area contributed by atoms with Crippen molar-refractivity contribution in [2.24, 2.45) is 0 Å². The summed E-state index contributed by atoms with van der Waals surface area (Å²) in [6.45, 7) is 2.63. The Bertz CT molecular complexity index is 573. The first-order valence-corrected chi connectivity index (χ1v) is 6.65.